The molecule has 0 fully saturated rings. The number of nitrogens with one attached hydrogen (secondary N) is 2. The van der Waals surface area contributed by atoms with Gasteiger partial charge in [-0.3, -0.25) is 19.9 Å². The number of nitrogens with zero attached hydrogens (tertiary/aromatic N) is 2. The predicted molar refractivity (Wildman–Crippen MR) is 107 cm³/mol. The first-order chi connectivity index (χ1) is 13.6. The number of benzene rings is 2. The van der Waals surface area contributed by atoms with Crippen LogP contribution in [0.5, 0.6) is 0 Å². The van der Waals surface area contributed by atoms with E-state index in [9.17, 15) is 14.9 Å². The van der Waals surface area contributed by atoms with E-state index in [1.807, 2.05) is 36.4 Å². The van der Waals surface area contributed by atoms with Crippen LogP contribution < -0.4 is 10.6 Å². The Morgan fingerprint density at radius 2 is 1.46 bits per heavy atom. The fourth-order valence-electron chi connectivity index (χ4n) is 2.63. The second-order valence-corrected chi connectivity index (χ2v) is 6.28. The maximum Gasteiger partial charge on any atom is 0.269 e. The summed E-state index contributed by atoms with van der Waals surface area (Å²) in [7, 11) is 0. The molecule has 2 N–H and O–H groups in total. The highest BCUT2D eigenvalue weighted by Crippen LogP contribution is 2.15. The van der Waals surface area contributed by atoms with Crippen molar-refractivity contribution in [2.75, 3.05) is 5.32 Å². The van der Waals surface area contributed by atoms with Crippen molar-refractivity contribution in [1.82, 2.24) is 10.3 Å². The molecular formula is C21H20N4O3. The zero-order valence-corrected chi connectivity index (χ0v) is 15.2. The van der Waals surface area contributed by atoms with E-state index in [0.717, 1.165) is 22.4 Å². The zero-order valence-electron chi connectivity index (χ0n) is 15.2. The second-order valence-electron chi connectivity index (χ2n) is 6.28. The van der Waals surface area contributed by atoms with Gasteiger partial charge < -0.3 is 10.6 Å². The number of non-ortho nitro benzene ring substituents is 1. The molecule has 1 amide bonds. The van der Waals surface area contributed by atoms with Gasteiger partial charge in [0.1, 0.15) is 0 Å². The lowest BCUT2D eigenvalue weighted by atomic mass is 10.1. The molecule has 0 aliphatic rings. The van der Waals surface area contributed by atoms with Crippen LogP contribution >= 0.6 is 0 Å². The number of hydrogen-bond acceptors (Lipinski definition) is 5. The van der Waals surface area contributed by atoms with Gasteiger partial charge >= 0.3 is 0 Å². The fourth-order valence-corrected chi connectivity index (χ4v) is 2.63. The number of carbonyl (C=O) groups is 1. The highest BCUT2D eigenvalue weighted by atomic mass is 16.6. The standard InChI is InChI=1S/C21H20N4O3/c26-21(24-15-18-9-11-22-12-10-18)13-16-1-5-19(6-2-16)23-14-17-3-7-20(8-4-17)25(27)28/h1-12,23H,13-15H2,(H,24,26). The minimum absolute atomic E-state index is 0.0385. The minimum Gasteiger partial charge on any atom is -0.381 e. The quantitative estimate of drug-likeness (QED) is 0.463. The average molecular weight is 376 g/mol. The summed E-state index contributed by atoms with van der Waals surface area (Å²) in [6.45, 7) is 1.04. The Hall–Kier alpha value is -3.74. The molecule has 0 spiro atoms. The summed E-state index contributed by atoms with van der Waals surface area (Å²) in [6.07, 6.45) is 3.71. The van der Waals surface area contributed by atoms with Crippen LogP contribution in [0.3, 0.4) is 0 Å². The Balaban J connectivity index is 1.46. The first-order valence-electron chi connectivity index (χ1n) is 8.82. The lowest BCUT2D eigenvalue weighted by Gasteiger charge is -2.08. The molecule has 3 rings (SSSR count). The van der Waals surface area contributed by atoms with Crippen LogP contribution in [0.4, 0.5) is 11.4 Å². The van der Waals surface area contributed by atoms with Gasteiger partial charge in [0.05, 0.1) is 11.3 Å². The van der Waals surface area contributed by atoms with Crippen molar-refractivity contribution in [2.24, 2.45) is 0 Å². The van der Waals surface area contributed by atoms with Crippen LogP contribution in [0.15, 0.2) is 73.1 Å². The number of rotatable bonds is 8. The topological polar surface area (TPSA) is 97.2 Å². The number of anilines is 1. The zero-order chi connectivity index (χ0) is 19.8. The lowest BCUT2D eigenvalue weighted by Crippen LogP contribution is -2.24. The Morgan fingerprint density at radius 1 is 0.857 bits per heavy atom. The lowest BCUT2D eigenvalue weighted by molar-refractivity contribution is -0.384. The van der Waals surface area contributed by atoms with E-state index in [1.54, 1.807) is 24.5 Å². The molecule has 1 aromatic heterocycles. The van der Waals surface area contributed by atoms with Crippen LogP contribution in [0.2, 0.25) is 0 Å². The maximum absolute atomic E-state index is 12.1. The smallest absolute Gasteiger partial charge is 0.269 e. The van der Waals surface area contributed by atoms with Crippen molar-refractivity contribution < 1.29 is 9.72 Å². The summed E-state index contributed by atoms with van der Waals surface area (Å²) >= 11 is 0. The average Bonchev–Trinajstić information content (AvgIpc) is 2.73. The highest BCUT2D eigenvalue weighted by molar-refractivity contribution is 5.78. The molecule has 28 heavy (non-hydrogen) atoms. The third kappa shape index (κ3) is 5.63. The van der Waals surface area contributed by atoms with Crippen molar-refractivity contribution in [1.29, 1.82) is 0 Å². The Morgan fingerprint density at radius 3 is 2.11 bits per heavy atom. The first kappa shape index (κ1) is 19.0. The van der Waals surface area contributed by atoms with Crippen LogP contribution in [0.25, 0.3) is 0 Å². The Kier molecular flexibility index (Phi) is 6.30. The SMILES string of the molecule is O=C(Cc1ccc(NCc2ccc([N+](=O)[O-])cc2)cc1)NCc1ccncc1. The predicted octanol–water partition coefficient (Wildman–Crippen LogP) is 3.46. The van der Waals surface area contributed by atoms with E-state index in [2.05, 4.69) is 15.6 Å². The minimum atomic E-state index is -0.414. The van der Waals surface area contributed by atoms with Crippen LogP contribution in [-0.4, -0.2) is 15.8 Å². The van der Waals surface area contributed by atoms with Gasteiger partial charge in [-0.25, -0.2) is 0 Å². The van der Waals surface area contributed by atoms with Crippen molar-refractivity contribution in [3.63, 3.8) is 0 Å². The van der Waals surface area contributed by atoms with Gasteiger partial charge in [-0.1, -0.05) is 24.3 Å². The third-order valence-electron chi connectivity index (χ3n) is 4.20. The molecule has 0 radical (unpaired) electrons. The molecule has 7 heteroatoms. The van der Waals surface area contributed by atoms with E-state index in [1.165, 1.54) is 12.1 Å². The number of aromatic nitrogens is 1. The molecule has 1 heterocycles. The second kappa shape index (κ2) is 9.27. The molecule has 2 aromatic carbocycles. The molecular weight excluding hydrogens is 356 g/mol. The molecule has 0 aliphatic heterocycles. The van der Waals surface area contributed by atoms with Crippen molar-refractivity contribution in [3.8, 4) is 0 Å². The van der Waals surface area contributed by atoms with E-state index in [0.29, 0.717) is 19.5 Å². The summed E-state index contributed by atoms with van der Waals surface area (Å²) < 4.78 is 0. The monoisotopic (exact) mass is 376 g/mol. The van der Waals surface area contributed by atoms with Gasteiger partial charge in [0.15, 0.2) is 0 Å². The molecule has 0 saturated heterocycles. The summed E-state index contributed by atoms with van der Waals surface area (Å²) in [6, 6.07) is 17.8. The molecule has 142 valence electrons. The Bertz CT molecular complexity index is 926. The molecule has 0 unspecified atom stereocenters. The number of nitro groups is 1. The van der Waals surface area contributed by atoms with Crippen molar-refractivity contribution in [3.05, 3.63) is 99.9 Å². The molecule has 0 saturated carbocycles. The number of pyridine rings is 1. The number of nitro benzene ring substituents is 1. The fraction of sp³-hybridized carbons (Fsp3) is 0.143. The highest BCUT2D eigenvalue weighted by Gasteiger charge is 2.05. The molecule has 7 nitrogen and oxygen atoms in total. The molecule has 3 aromatic rings. The summed E-state index contributed by atoms with van der Waals surface area (Å²) in [4.78, 5) is 26.3. The molecule has 0 atom stereocenters. The van der Waals surface area contributed by atoms with Crippen molar-refractivity contribution in [2.45, 2.75) is 19.5 Å². The van der Waals surface area contributed by atoms with E-state index < -0.39 is 4.92 Å². The summed E-state index contributed by atoms with van der Waals surface area (Å²) in [5.41, 5.74) is 3.88. The number of amides is 1. The number of hydrogen-bond donors (Lipinski definition) is 2. The van der Waals surface area contributed by atoms with Gasteiger partial charge in [-0.2, -0.15) is 0 Å². The van der Waals surface area contributed by atoms with Crippen LogP contribution in [0.1, 0.15) is 16.7 Å². The molecule has 0 bridgehead atoms. The largest absolute Gasteiger partial charge is 0.381 e. The third-order valence-corrected chi connectivity index (χ3v) is 4.20. The van der Waals surface area contributed by atoms with E-state index in [-0.39, 0.29) is 11.6 Å². The summed E-state index contributed by atoms with van der Waals surface area (Å²) in [5, 5.41) is 16.8. The molecule has 0 aliphatic carbocycles. The van der Waals surface area contributed by atoms with Gasteiger partial charge in [-0.15, -0.1) is 0 Å². The number of carbonyl (C=O) groups excluding carboxylic acids is 1. The van der Waals surface area contributed by atoms with Gasteiger partial charge in [0, 0.05) is 43.3 Å². The van der Waals surface area contributed by atoms with Crippen LogP contribution in [-0.2, 0) is 24.3 Å². The first-order valence-corrected chi connectivity index (χ1v) is 8.82. The van der Waals surface area contributed by atoms with Crippen molar-refractivity contribution >= 4 is 17.3 Å². The van der Waals surface area contributed by atoms with E-state index >= 15 is 0 Å². The normalized spacial score (nSPS) is 10.3. The van der Waals surface area contributed by atoms with Crippen LogP contribution in [0, 0.1) is 10.1 Å². The van der Waals surface area contributed by atoms with E-state index in [4.69, 9.17) is 0 Å². The van der Waals surface area contributed by atoms with Gasteiger partial charge in [0.2, 0.25) is 5.91 Å². The van der Waals surface area contributed by atoms with Gasteiger partial charge in [0.25, 0.3) is 5.69 Å². The Labute approximate surface area is 162 Å². The maximum atomic E-state index is 12.1. The summed E-state index contributed by atoms with van der Waals surface area (Å²) in [5.74, 6) is -0.0385. The van der Waals surface area contributed by atoms with Gasteiger partial charge in [-0.05, 0) is 41.0 Å².